The van der Waals surface area contributed by atoms with E-state index in [1.165, 1.54) is 0 Å². The van der Waals surface area contributed by atoms with Gasteiger partial charge in [-0.05, 0) is 12.1 Å². The molecule has 0 bridgehead atoms. The first-order valence-electron chi connectivity index (χ1n) is 3.76. The second-order valence-corrected chi connectivity index (χ2v) is 2.88. The zero-order valence-electron chi connectivity index (χ0n) is 6.99. The molecule has 0 radical (unpaired) electrons. The van der Waals surface area contributed by atoms with E-state index in [2.05, 4.69) is 9.97 Å². The molecule has 0 saturated carbocycles. The number of hydrogen-bond acceptors (Lipinski definition) is 3. The average molecular weight is 195 g/mol. The Hall–Kier alpha value is -1.35. The zero-order chi connectivity index (χ0) is 9.26. The number of rotatable bonds is 1. The second-order valence-electron chi connectivity index (χ2n) is 2.52. The molecule has 13 heavy (non-hydrogen) atoms. The van der Waals surface area contributed by atoms with E-state index in [9.17, 15) is 0 Å². The molecule has 0 aliphatic rings. The Bertz CT molecular complexity index is 445. The lowest BCUT2D eigenvalue weighted by Gasteiger charge is -2.01. The van der Waals surface area contributed by atoms with Gasteiger partial charge in [0.25, 0.3) is 0 Å². The minimum absolute atomic E-state index is 0.465. The monoisotopic (exact) mass is 194 g/mol. The van der Waals surface area contributed by atoms with Gasteiger partial charge in [-0.1, -0.05) is 11.6 Å². The van der Waals surface area contributed by atoms with E-state index in [-0.39, 0.29) is 0 Å². The lowest BCUT2D eigenvalue weighted by molar-refractivity contribution is 0.399. The Balaban J connectivity index is 2.72. The summed E-state index contributed by atoms with van der Waals surface area (Å²) in [5, 5.41) is 1.30. The number of methoxy groups -OCH3 is 1. The molecular weight excluding hydrogens is 188 g/mol. The molecule has 0 aliphatic heterocycles. The van der Waals surface area contributed by atoms with Gasteiger partial charge in [0.15, 0.2) is 0 Å². The summed E-state index contributed by atoms with van der Waals surface area (Å²) in [4.78, 5) is 8.16. The summed E-state index contributed by atoms with van der Waals surface area (Å²) in [6.07, 6.45) is 1.62. The predicted molar refractivity (Wildman–Crippen MR) is 51.1 cm³/mol. The van der Waals surface area contributed by atoms with Crippen LogP contribution in [0.4, 0.5) is 0 Å². The van der Waals surface area contributed by atoms with E-state index >= 15 is 0 Å². The number of halogens is 1. The van der Waals surface area contributed by atoms with E-state index in [0.717, 1.165) is 10.9 Å². The lowest BCUT2D eigenvalue weighted by atomic mass is 10.3. The van der Waals surface area contributed by atoms with Gasteiger partial charge in [0.05, 0.1) is 12.6 Å². The molecule has 0 unspecified atom stereocenters. The smallest absolute Gasteiger partial charge is 0.213 e. The maximum Gasteiger partial charge on any atom is 0.213 e. The number of nitrogens with zero attached hydrogens (tertiary/aromatic N) is 2. The Kier molecular flexibility index (Phi) is 2.02. The van der Waals surface area contributed by atoms with Gasteiger partial charge in [-0.3, -0.25) is 0 Å². The average Bonchev–Trinajstić information content (AvgIpc) is 2.18. The molecule has 0 saturated heterocycles. The van der Waals surface area contributed by atoms with Crippen LogP contribution in [-0.2, 0) is 0 Å². The maximum atomic E-state index is 5.86. The summed E-state index contributed by atoms with van der Waals surface area (Å²) in [5.74, 6) is 0.578. The van der Waals surface area contributed by atoms with E-state index in [1.54, 1.807) is 25.4 Å². The normalized spacial score (nSPS) is 10.3. The van der Waals surface area contributed by atoms with Gasteiger partial charge >= 0.3 is 0 Å². The molecule has 2 heterocycles. The lowest BCUT2D eigenvalue weighted by Crippen LogP contribution is -1.88. The molecule has 0 atom stereocenters. The molecule has 66 valence electrons. The van der Waals surface area contributed by atoms with Crippen molar-refractivity contribution in [3.8, 4) is 5.88 Å². The molecule has 0 aliphatic carbocycles. The molecule has 0 aromatic carbocycles. The first-order valence-corrected chi connectivity index (χ1v) is 4.14. The molecule has 4 heteroatoms. The van der Waals surface area contributed by atoms with Crippen LogP contribution >= 0.6 is 11.6 Å². The summed E-state index contributed by atoms with van der Waals surface area (Å²) in [7, 11) is 1.58. The maximum absolute atomic E-state index is 5.86. The number of hydrogen-bond donors (Lipinski definition) is 0. The van der Waals surface area contributed by atoms with Crippen molar-refractivity contribution < 1.29 is 4.74 Å². The van der Waals surface area contributed by atoms with Crippen LogP contribution in [0, 0.1) is 0 Å². The van der Waals surface area contributed by atoms with Gasteiger partial charge in [-0.2, -0.15) is 0 Å². The topological polar surface area (TPSA) is 35.0 Å². The number of fused-ring (bicyclic) bond motifs is 1. The largest absolute Gasteiger partial charge is 0.481 e. The van der Waals surface area contributed by atoms with Crippen LogP contribution in [0.25, 0.3) is 10.9 Å². The van der Waals surface area contributed by atoms with Crippen molar-refractivity contribution in [1.82, 2.24) is 9.97 Å². The van der Waals surface area contributed by atoms with Crippen LogP contribution in [0.1, 0.15) is 0 Å². The fourth-order valence-corrected chi connectivity index (χ4v) is 1.33. The first-order chi connectivity index (χ1) is 6.31. The number of ether oxygens (including phenoxy) is 1. The number of aromatic nitrogens is 2. The summed E-state index contributed by atoms with van der Waals surface area (Å²) < 4.78 is 4.99. The van der Waals surface area contributed by atoms with Crippen molar-refractivity contribution in [3.05, 3.63) is 29.5 Å². The third-order valence-electron chi connectivity index (χ3n) is 1.75. The molecule has 0 N–H and O–H groups in total. The minimum atomic E-state index is 0.465. The Labute approximate surface area is 80.3 Å². The summed E-state index contributed by atoms with van der Waals surface area (Å²) in [6, 6.07) is 5.40. The van der Waals surface area contributed by atoms with Gasteiger partial charge in [-0.25, -0.2) is 9.97 Å². The van der Waals surface area contributed by atoms with Crippen LogP contribution in [0.15, 0.2) is 24.4 Å². The second kappa shape index (κ2) is 3.18. The highest BCUT2D eigenvalue weighted by Gasteiger charge is 2.01. The molecule has 0 spiro atoms. The van der Waals surface area contributed by atoms with Crippen LogP contribution in [0.5, 0.6) is 5.88 Å². The zero-order valence-corrected chi connectivity index (χ0v) is 7.75. The van der Waals surface area contributed by atoms with Crippen LogP contribution in [-0.4, -0.2) is 17.1 Å². The Morgan fingerprint density at radius 2 is 2.15 bits per heavy atom. The molecule has 0 amide bonds. The predicted octanol–water partition coefficient (Wildman–Crippen LogP) is 2.29. The van der Waals surface area contributed by atoms with E-state index in [1.807, 2.05) is 6.07 Å². The van der Waals surface area contributed by atoms with Gasteiger partial charge in [0.1, 0.15) is 5.15 Å². The summed E-state index contributed by atoms with van der Waals surface area (Å²) >= 11 is 5.86. The van der Waals surface area contributed by atoms with Crippen LogP contribution in [0.2, 0.25) is 5.15 Å². The van der Waals surface area contributed by atoms with Crippen molar-refractivity contribution in [3.63, 3.8) is 0 Å². The van der Waals surface area contributed by atoms with Crippen molar-refractivity contribution >= 4 is 22.5 Å². The highest BCUT2D eigenvalue weighted by Crippen LogP contribution is 2.21. The van der Waals surface area contributed by atoms with Crippen molar-refractivity contribution in [2.75, 3.05) is 7.11 Å². The Morgan fingerprint density at radius 3 is 2.92 bits per heavy atom. The third-order valence-corrected chi connectivity index (χ3v) is 2.05. The van der Waals surface area contributed by atoms with Gasteiger partial charge < -0.3 is 4.74 Å². The fraction of sp³-hybridized carbons (Fsp3) is 0.111. The first kappa shape index (κ1) is 8.26. The van der Waals surface area contributed by atoms with Gasteiger partial charge in [-0.15, -0.1) is 0 Å². The third kappa shape index (κ3) is 1.42. The fourth-order valence-electron chi connectivity index (χ4n) is 1.11. The van der Waals surface area contributed by atoms with Crippen molar-refractivity contribution in [2.45, 2.75) is 0 Å². The van der Waals surface area contributed by atoms with E-state index in [4.69, 9.17) is 16.3 Å². The molecular formula is C9H7ClN2O. The standard InChI is InChI=1S/C9H7ClN2O/c1-13-8-3-2-6-7(12-8)4-5-11-9(6)10/h2-5H,1H3. The van der Waals surface area contributed by atoms with E-state index < -0.39 is 0 Å². The van der Waals surface area contributed by atoms with E-state index in [0.29, 0.717) is 11.0 Å². The molecule has 0 fully saturated rings. The molecule has 2 aromatic rings. The van der Waals surface area contributed by atoms with Crippen molar-refractivity contribution in [2.24, 2.45) is 0 Å². The van der Waals surface area contributed by atoms with Crippen LogP contribution < -0.4 is 4.74 Å². The highest BCUT2D eigenvalue weighted by molar-refractivity contribution is 6.34. The Morgan fingerprint density at radius 1 is 1.31 bits per heavy atom. The molecule has 2 aromatic heterocycles. The summed E-state index contributed by atoms with van der Waals surface area (Å²) in [5.41, 5.74) is 0.791. The SMILES string of the molecule is COc1ccc2c(Cl)nccc2n1. The van der Waals surface area contributed by atoms with Gasteiger partial charge in [0.2, 0.25) is 5.88 Å². The van der Waals surface area contributed by atoms with Gasteiger partial charge in [0, 0.05) is 17.6 Å². The minimum Gasteiger partial charge on any atom is -0.481 e. The summed E-state index contributed by atoms with van der Waals surface area (Å²) in [6.45, 7) is 0. The molecule has 2 rings (SSSR count). The van der Waals surface area contributed by atoms with Crippen LogP contribution in [0.3, 0.4) is 0 Å². The van der Waals surface area contributed by atoms with Crippen molar-refractivity contribution in [1.29, 1.82) is 0 Å². The quantitative estimate of drug-likeness (QED) is 0.654. The highest BCUT2D eigenvalue weighted by atomic mass is 35.5. The number of pyridine rings is 2. The molecule has 3 nitrogen and oxygen atoms in total.